The maximum atomic E-state index is 12.9. The van der Waals surface area contributed by atoms with Crippen LogP contribution in [0.4, 0.5) is 4.39 Å². The normalized spacial score (nSPS) is 9.76. The highest BCUT2D eigenvalue weighted by atomic mass is 79.9. The van der Waals surface area contributed by atoms with Crippen molar-refractivity contribution in [2.75, 3.05) is 13.1 Å². The molecule has 0 aromatic heterocycles. The lowest BCUT2D eigenvalue weighted by atomic mass is 10.2. The molecule has 0 fully saturated rings. The van der Waals surface area contributed by atoms with Gasteiger partial charge in [0.25, 0.3) is 5.91 Å². The van der Waals surface area contributed by atoms with E-state index in [9.17, 15) is 9.18 Å². The molecular formula is C12H12BrFN2O. The number of amides is 1. The number of rotatable bonds is 4. The van der Waals surface area contributed by atoms with Crippen LogP contribution >= 0.6 is 15.9 Å². The SMILES string of the molecule is CCN(CCC#N)C(=O)c1ccc(F)cc1Br. The van der Waals surface area contributed by atoms with Crippen molar-refractivity contribution in [1.29, 1.82) is 5.26 Å². The fourth-order valence-corrected chi connectivity index (χ4v) is 1.94. The summed E-state index contributed by atoms with van der Waals surface area (Å²) in [5, 5.41) is 8.51. The van der Waals surface area contributed by atoms with Gasteiger partial charge in [-0.2, -0.15) is 5.26 Å². The molecule has 1 amide bonds. The van der Waals surface area contributed by atoms with Crippen LogP contribution in [0.1, 0.15) is 23.7 Å². The van der Waals surface area contributed by atoms with Gasteiger partial charge < -0.3 is 4.90 Å². The first kappa shape index (κ1) is 13.7. The Morgan fingerprint density at radius 3 is 2.82 bits per heavy atom. The Kier molecular flexibility index (Phi) is 5.11. The van der Waals surface area contributed by atoms with Crippen LogP contribution < -0.4 is 0 Å². The smallest absolute Gasteiger partial charge is 0.255 e. The summed E-state index contributed by atoms with van der Waals surface area (Å²) in [7, 11) is 0. The summed E-state index contributed by atoms with van der Waals surface area (Å²) in [5.74, 6) is -0.594. The van der Waals surface area contributed by atoms with Crippen molar-refractivity contribution in [3.63, 3.8) is 0 Å². The number of benzene rings is 1. The Labute approximate surface area is 108 Å². The van der Waals surface area contributed by atoms with Gasteiger partial charge >= 0.3 is 0 Å². The average molecular weight is 299 g/mol. The van der Waals surface area contributed by atoms with E-state index in [-0.39, 0.29) is 5.91 Å². The molecule has 0 aliphatic carbocycles. The summed E-state index contributed by atoms with van der Waals surface area (Å²) < 4.78 is 13.3. The maximum Gasteiger partial charge on any atom is 0.255 e. The molecule has 0 bridgehead atoms. The fourth-order valence-electron chi connectivity index (χ4n) is 1.42. The van der Waals surface area contributed by atoms with E-state index in [1.54, 1.807) is 4.90 Å². The Hall–Kier alpha value is -1.41. The van der Waals surface area contributed by atoms with Crippen molar-refractivity contribution in [3.8, 4) is 6.07 Å². The minimum Gasteiger partial charge on any atom is -0.338 e. The number of nitriles is 1. The van der Waals surface area contributed by atoms with Crippen molar-refractivity contribution in [2.45, 2.75) is 13.3 Å². The van der Waals surface area contributed by atoms with Crippen LogP contribution in [0.3, 0.4) is 0 Å². The van der Waals surface area contributed by atoms with Crippen molar-refractivity contribution >= 4 is 21.8 Å². The first-order valence-electron chi connectivity index (χ1n) is 5.21. The van der Waals surface area contributed by atoms with E-state index >= 15 is 0 Å². The van der Waals surface area contributed by atoms with Crippen molar-refractivity contribution in [1.82, 2.24) is 4.90 Å². The lowest BCUT2D eigenvalue weighted by Gasteiger charge is -2.20. The van der Waals surface area contributed by atoms with Gasteiger partial charge in [-0.15, -0.1) is 0 Å². The molecule has 1 aromatic carbocycles. The molecule has 0 aliphatic rings. The topological polar surface area (TPSA) is 44.1 Å². The van der Waals surface area contributed by atoms with Gasteiger partial charge in [0.15, 0.2) is 0 Å². The maximum absolute atomic E-state index is 12.9. The second-order valence-corrected chi connectivity index (χ2v) is 4.27. The van der Waals surface area contributed by atoms with E-state index in [1.807, 2.05) is 13.0 Å². The monoisotopic (exact) mass is 298 g/mol. The molecule has 0 heterocycles. The third kappa shape index (κ3) is 3.53. The highest BCUT2D eigenvalue weighted by Crippen LogP contribution is 2.19. The Balaban J connectivity index is 2.90. The van der Waals surface area contributed by atoms with E-state index < -0.39 is 5.82 Å². The molecule has 0 saturated heterocycles. The van der Waals surface area contributed by atoms with E-state index in [0.29, 0.717) is 29.5 Å². The first-order chi connectivity index (χ1) is 8.10. The second kappa shape index (κ2) is 6.36. The lowest BCUT2D eigenvalue weighted by molar-refractivity contribution is 0.0767. The molecule has 0 spiro atoms. The summed E-state index contributed by atoms with van der Waals surface area (Å²) in [6.45, 7) is 2.74. The molecular weight excluding hydrogens is 287 g/mol. The molecule has 17 heavy (non-hydrogen) atoms. The standard InChI is InChI=1S/C12H12BrFN2O/c1-2-16(7-3-6-15)12(17)10-5-4-9(14)8-11(10)13/h4-5,8H,2-3,7H2,1H3. The predicted molar refractivity (Wildman–Crippen MR) is 65.9 cm³/mol. The van der Waals surface area contributed by atoms with E-state index in [1.165, 1.54) is 18.2 Å². The second-order valence-electron chi connectivity index (χ2n) is 3.42. The van der Waals surface area contributed by atoms with Crippen LogP contribution in [0.5, 0.6) is 0 Å². The average Bonchev–Trinajstić information content (AvgIpc) is 2.29. The first-order valence-corrected chi connectivity index (χ1v) is 6.00. The van der Waals surface area contributed by atoms with Crippen LogP contribution in [0.15, 0.2) is 22.7 Å². The van der Waals surface area contributed by atoms with Crippen molar-refractivity contribution in [3.05, 3.63) is 34.1 Å². The van der Waals surface area contributed by atoms with Gasteiger partial charge in [-0.3, -0.25) is 4.79 Å². The van der Waals surface area contributed by atoms with Crippen LogP contribution in [-0.4, -0.2) is 23.9 Å². The number of halogens is 2. The highest BCUT2D eigenvalue weighted by Gasteiger charge is 2.16. The number of carbonyl (C=O) groups is 1. The molecule has 1 aromatic rings. The summed E-state index contributed by atoms with van der Waals surface area (Å²) in [5.41, 5.74) is 0.409. The van der Waals surface area contributed by atoms with Gasteiger partial charge in [0.2, 0.25) is 0 Å². The van der Waals surface area contributed by atoms with Gasteiger partial charge in [0.1, 0.15) is 5.82 Å². The number of carbonyl (C=O) groups excluding carboxylic acids is 1. The van der Waals surface area contributed by atoms with Crippen molar-refractivity contribution in [2.24, 2.45) is 0 Å². The lowest BCUT2D eigenvalue weighted by Crippen LogP contribution is -2.31. The van der Waals surface area contributed by atoms with Gasteiger partial charge in [0.05, 0.1) is 18.1 Å². The Morgan fingerprint density at radius 1 is 1.59 bits per heavy atom. The third-order valence-corrected chi connectivity index (χ3v) is 2.98. The quantitative estimate of drug-likeness (QED) is 0.858. The minimum atomic E-state index is -0.395. The van der Waals surface area contributed by atoms with Gasteiger partial charge in [-0.25, -0.2) is 4.39 Å². The van der Waals surface area contributed by atoms with Gasteiger partial charge in [-0.1, -0.05) is 0 Å². The van der Waals surface area contributed by atoms with Crippen LogP contribution in [0, 0.1) is 17.1 Å². The summed E-state index contributed by atoms with van der Waals surface area (Å²) in [6, 6.07) is 5.94. The number of nitrogens with zero attached hydrogens (tertiary/aromatic N) is 2. The predicted octanol–water partition coefficient (Wildman–Crippen LogP) is 2.96. The molecule has 0 saturated carbocycles. The molecule has 0 N–H and O–H groups in total. The van der Waals surface area contributed by atoms with E-state index in [0.717, 1.165) is 0 Å². The Bertz CT molecular complexity index is 456. The number of hydrogen-bond donors (Lipinski definition) is 0. The molecule has 0 unspecified atom stereocenters. The summed E-state index contributed by atoms with van der Waals surface area (Å²) in [6.07, 6.45) is 0.290. The number of hydrogen-bond acceptors (Lipinski definition) is 2. The Morgan fingerprint density at radius 2 is 2.29 bits per heavy atom. The molecule has 1 rings (SSSR count). The molecule has 5 heteroatoms. The highest BCUT2D eigenvalue weighted by molar-refractivity contribution is 9.10. The molecule has 0 radical (unpaired) electrons. The van der Waals surface area contributed by atoms with Crippen LogP contribution in [0.2, 0.25) is 0 Å². The van der Waals surface area contributed by atoms with Crippen molar-refractivity contribution < 1.29 is 9.18 Å². The largest absolute Gasteiger partial charge is 0.338 e. The molecule has 0 atom stereocenters. The third-order valence-electron chi connectivity index (χ3n) is 2.32. The van der Waals surface area contributed by atoms with Crippen LogP contribution in [-0.2, 0) is 0 Å². The fraction of sp³-hybridized carbons (Fsp3) is 0.333. The van der Waals surface area contributed by atoms with E-state index in [4.69, 9.17) is 5.26 Å². The summed E-state index contributed by atoms with van der Waals surface area (Å²) in [4.78, 5) is 13.6. The molecule has 0 aliphatic heterocycles. The zero-order valence-corrected chi connectivity index (χ0v) is 11.0. The van der Waals surface area contributed by atoms with Gasteiger partial charge in [-0.05, 0) is 41.1 Å². The molecule has 90 valence electrons. The minimum absolute atomic E-state index is 0.199. The molecule has 3 nitrogen and oxygen atoms in total. The van der Waals surface area contributed by atoms with Gasteiger partial charge in [0, 0.05) is 17.6 Å². The zero-order valence-electron chi connectivity index (χ0n) is 9.41. The zero-order chi connectivity index (χ0) is 12.8. The van der Waals surface area contributed by atoms with E-state index in [2.05, 4.69) is 15.9 Å². The summed E-state index contributed by atoms with van der Waals surface area (Å²) >= 11 is 3.16. The van der Waals surface area contributed by atoms with Crippen LogP contribution in [0.25, 0.3) is 0 Å².